The number of nitrogens with zero attached hydrogens (tertiary/aromatic N) is 12. The lowest BCUT2D eigenvalue weighted by Gasteiger charge is -2.11. The zero-order chi connectivity index (χ0) is 99.1. The van der Waals surface area contributed by atoms with Crippen molar-refractivity contribution in [3.8, 4) is 153 Å². The molecule has 0 spiro atoms. The summed E-state index contributed by atoms with van der Waals surface area (Å²) >= 11 is 0. The quantitative estimate of drug-likeness (QED) is 0.0953. The molecule has 15 heteroatoms. The van der Waals surface area contributed by atoms with E-state index in [2.05, 4.69) is 378 Å². The molecule has 15 nitrogen and oxygen atoms in total. The Balaban J connectivity index is 0.000000109. The van der Waals surface area contributed by atoms with Gasteiger partial charge in [-0.1, -0.05) is 382 Å². The Morgan fingerprint density at radius 3 is 0.507 bits per heavy atom. The van der Waals surface area contributed by atoms with Gasteiger partial charge in [0.25, 0.3) is 0 Å². The summed E-state index contributed by atoms with van der Waals surface area (Å²) in [7, 11) is 0. The molecule has 0 amide bonds. The van der Waals surface area contributed by atoms with Crippen molar-refractivity contribution in [2.45, 2.75) is 0 Å². The maximum Gasteiger partial charge on any atom is 0.164 e. The number of fused-ring (bicyclic) bond motifs is 21. The molecule has 30 aromatic rings. The fourth-order valence-corrected chi connectivity index (χ4v) is 21.2. The first-order valence-electron chi connectivity index (χ1n) is 50.1. The molecule has 0 unspecified atom stereocenters. The number of benzene rings is 21. The molecule has 9 heterocycles. The Hall–Kier alpha value is -20.6. The molecule has 0 aliphatic carbocycles. The van der Waals surface area contributed by atoms with Gasteiger partial charge in [-0.2, -0.15) is 0 Å². The van der Waals surface area contributed by atoms with Crippen LogP contribution in [0.15, 0.2) is 523 Å². The highest BCUT2D eigenvalue weighted by Crippen LogP contribution is 2.47. The Labute approximate surface area is 859 Å². The van der Waals surface area contributed by atoms with Crippen LogP contribution < -0.4 is 0 Å². The van der Waals surface area contributed by atoms with Crippen molar-refractivity contribution in [1.29, 1.82) is 0 Å². The molecule has 0 bridgehead atoms. The average molecular weight is 1920 g/mol. The molecule has 0 radical (unpaired) electrons. The second-order valence-corrected chi connectivity index (χ2v) is 37.4. The summed E-state index contributed by atoms with van der Waals surface area (Å²) < 4.78 is 26.6. The van der Waals surface area contributed by atoms with E-state index < -0.39 is 0 Å². The van der Waals surface area contributed by atoms with Gasteiger partial charge in [0.1, 0.15) is 16.7 Å². The Bertz CT molecular complexity index is 10200. The smallest absolute Gasteiger partial charge is 0.164 e. The number of furan rings is 3. The third-order valence-corrected chi connectivity index (χ3v) is 28.4. The lowest BCUT2D eigenvalue weighted by atomic mass is 10.0. The Morgan fingerprint density at radius 1 is 0.120 bits per heavy atom. The summed E-state index contributed by atoms with van der Waals surface area (Å²) in [4.78, 5) is 44.8. The lowest BCUT2D eigenvalue weighted by Crippen LogP contribution is -2.01. The van der Waals surface area contributed by atoms with E-state index in [1.807, 2.05) is 146 Å². The number of hydrogen-bond acceptors (Lipinski definition) is 12. The third-order valence-electron chi connectivity index (χ3n) is 28.4. The molecule has 21 aromatic carbocycles. The van der Waals surface area contributed by atoms with Crippen LogP contribution >= 0.6 is 0 Å². The van der Waals surface area contributed by atoms with Crippen molar-refractivity contribution in [1.82, 2.24) is 58.6 Å². The van der Waals surface area contributed by atoms with Crippen molar-refractivity contribution in [3.63, 3.8) is 0 Å². The highest BCUT2D eigenvalue weighted by molar-refractivity contribution is 6.25. The van der Waals surface area contributed by atoms with Gasteiger partial charge < -0.3 is 27.0 Å². The second-order valence-electron chi connectivity index (χ2n) is 37.4. The summed E-state index contributed by atoms with van der Waals surface area (Å²) in [6, 6.07) is 176. The molecule has 0 saturated heterocycles. The molecule has 0 fully saturated rings. The largest absolute Gasteiger partial charge is 0.454 e. The van der Waals surface area contributed by atoms with Gasteiger partial charge in [0.15, 0.2) is 69.2 Å². The minimum Gasteiger partial charge on any atom is -0.454 e. The van der Waals surface area contributed by atoms with Crippen LogP contribution in [0.3, 0.4) is 0 Å². The predicted octanol–water partition coefficient (Wildman–Crippen LogP) is 34.6. The average Bonchev–Trinajstić information content (AvgIpc) is 1.57. The summed E-state index contributed by atoms with van der Waals surface area (Å²) in [5.41, 5.74) is 30.2. The fourth-order valence-electron chi connectivity index (χ4n) is 21.2. The third kappa shape index (κ3) is 15.7. The molecule has 150 heavy (non-hydrogen) atoms. The Kier molecular flexibility index (Phi) is 21.5. The topological polar surface area (TPSA) is 170 Å². The molecule has 30 rings (SSSR count). The van der Waals surface area contributed by atoms with Gasteiger partial charge in [-0.05, 0) is 161 Å². The van der Waals surface area contributed by atoms with Crippen molar-refractivity contribution >= 4 is 131 Å². The van der Waals surface area contributed by atoms with Crippen molar-refractivity contribution in [3.05, 3.63) is 510 Å². The van der Waals surface area contributed by atoms with E-state index in [0.717, 1.165) is 199 Å². The minimum absolute atomic E-state index is 0.609. The number of para-hydroxylation sites is 6. The second kappa shape index (κ2) is 37.0. The van der Waals surface area contributed by atoms with Gasteiger partial charge in [-0.25, -0.2) is 44.9 Å². The fraction of sp³-hybridized carbons (Fsp3) is 0. The Morgan fingerprint density at radius 2 is 0.280 bits per heavy atom. The lowest BCUT2D eigenvalue weighted by molar-refractivity contribution is 0.670. The first-order valence-corrected chi connectivity index (χ1v) is 50.1. The highest BCUT2D eigenvalue weighted by Gasteiger charge is 2.27. The van der Waals surface area contributed by atoms with E-state index in [-0.39, 0.29) is 0 Å². The summed E-state index contributed by atoms with van der Waals surface area (Å²) in [6.45, 7) is 0. The van der Waals surface area contributed by atoms with E-state index in [1.54, 1.807) is 0 Å². The van der Waals surface area contributed by atoms with E-state index in [9.17, 15) is 0 Å². The molecule has 0 aliphatic heterocycles. The van der Waals surface area contributed by atoms with Crippen LogP contribution in [-0.4, -0.2) is 58.6 Å². The van der Waals surface area contributed by atoms with E-state index in [0.29, 0.717) is 52.4 Å². The van der Waals surface area contributed by atoms with Gasteiger partial charge in [0, 0.05) is 132 Å². The van der Waals surface area contributed by atoms with E-state index in [1.165, 1.54) is 32.8 Å². The zero-order valence-corrected chi connectivity index (χ0v) is 80.6. The van der Waals surface area contributed by atoms with Crippen LogP contribution in [0.2, 0.25) is 0 Å². The van der Waals surface area contributed by atoms with Crippen molar-refractivity contribution in [2.75, 3.05) is 0 Å². The standard InChI is InChI=1S/C51H32N4O.C45H28N4O.C39H24N4O/c1-3-11-33(12-4-1)35-19-23-37(24-20-35)49-52-50(38-25-21-36(22-26-38)34-13-5-2-6-14-34)54-51(53-49)39-27-29-40(30-28-39)55-45-17-9-7-15-41(45)43-31-32-44-42-16-8-10-18-46(42)56-48(44)47(43)55;1-3-11-29(12-4-1)30-19-21-32(22-20-30)44-46-43(31-13-5-2-6-14-31)47-45(48-44)33-23-25-34(26-24-33)49-39-17-9-7-15-35(39)37-27-28-38-36-16-8-10-18-40(36)50-42(38)41(37)49;1-3-11-25(12-4-1)37-40-38(26-13-5-2-6-14-26)42-39(41-37)27-19-21-28(22-20-27)43-33-17-9-7-15-29(33)31-23-24-32-30-16-8-10-18-34(30)44-36(32)35(31)43/h1-32H;1-28H;1-24H. The van der Waals surface area contributed by atoms with Crippen LogP contribution in [0.1, 0.15) is 0 Å². The van der Waals surface area contributed by atoms with Crippen LogP contribution in [0.4, 0.5) is 0 Å². The van der Waals surface area contributed by atoms with Gasteiger partial charge in [0.2, 0.25) is 0 Å². The molecule has 0 saturated carbocycles. The van der Waals surface area contributed by atoms with E-state index in [4.69, 9.17) is 58.1 Å². The SMILES string of the molecule is c1ccc(-c2ccc(-c3nc(-c4ccc(-c5ccccc5)cc4)nc(-c4ccc(-n5c6ccccc6c6ccc7c8ccccc8oc7c65)cc4)n3)cc2)cc1.c1ccc(-c2ccc(-c3nc(-c4ccccc4)nc(-c4ccc(-n5c6ccccc6c6ccc7c8ccccc8oc7c65)cc4)n3)cc2)cc1.c1ccc(-c2nc(-c3ccccc3)nc(-c3ccc(-n4c5ccccc5c5ccc6c7ccccc7oc6c54)cc3)n2)cc1. The monoisotopic (exact) mass is 1920 g/mol. The number of rotatable bonds is 15. The molecular weight excluding hydrogens is 1840 g/mol. The molecule has 0 aliphatic rings. The van der Waals surface area contributed by atoms with Crippen LogP contribution in [0.25, 0.3) is 284 Å². The molecule has 0 atom stereocenters. The number of aromatic nitrogens is 12. The molecule has 9 aromatic heterocycles. The van der Waals surface area contributed by atoms with Gasteiger partial charge >= 0.3 is 0 Å². The summed E-state index contributed by atoms with van der Waals surface area (Å²) in [6.07, 6.45) is 0. The highest BCUT2D eigenvalue weighted by atomic mass is 16.3. The van der Waals surface area contributed by atoms with Gasteiger partial charge in [-0.3, -0.25) is 0 Å². The first-order chi connectivity index (χ1) is 74.3. The summed E-state index contributed by atoms with van der Waals surface area (Å²) in [5.74, 6) is 5.66. The van der Waals surface area contributed by atoms with E-state index >= 15 is 0 Å². The van der Waals surface area contributed by atoms with Gasteiger partial charge in [-0.15, -0.1) is 0 Å². The van der Waals surface area contributed by atoms with Gasteiger partial charge in [0.05, 0.1) is 33.1 Å². The van der Waals surface area contributed by atoms with Crippen LogP contribution in [-0.2, 0) is 0 Å². The summed E-state index contributed by atoms with van der Waals surface area (Å²) in [5, 5.41) is 13.7. The van der Waals surface area contributed by atoms with Crippen molar-refractivity contribution in [2.24, 2.45) is 0 Å². The maximum atomic E-state index is 6.58. The predicted molar refractivity (Wildman–Crippen MR) is 610 cm³/mol. The van der Waals surface area contributed by atoms with Crippen LogP contribution in [0, 0.1) is 0 Å². The van der Waals surface area contributed by atoms with Crippen LogP contribution in [0.5, 0.6) is 0 Å². The van der Waals surface area contributed by atoms with Crippen molar-refractivity contribution < 1.29 is 13.3 Å². The maximum absolute atomic E-state index is 6.58. The molecule has 0 N–H and O–H groups in total. The first kappa shape index (κ1) is 87.3. The normalized spacial score (nSPS) is 11.6. The zero-order valence-electron chi connectivity index (χ0n) is 80.6. The number of hydrogen-bond donors (Lipinski definition) is 0. The molecular formula is C135H84N12O3. The minimum atomic E-state index is 0.609. The molecule has 702 valence electrons.